The summed E-state index contributed by atoms with van der Waals surface area (Å²) in [6.45, 7) is 3.95. The predicted octanol–water partition coefficient (Wildman–Crippen LogP) is 4.97. The fourth-order valence-corrected chi connectivity index (χ4v) is 5.48. The first-order valence-corrected chi connectivity index (χ1v) is 12.2. The van der Waals surface area contributed by atoms with E-state index in [1.807, 2.05) is 18.7 Å². The number of halogens is 1. The summed E-state index contributed by atoms with van der Waals surface area (Å²) >= 11 is 6.36. The summed E-state index contributed by atoms with van der Waals surface area (Å²) in [4.78, 5) is 15.3. The normalized spacial score (nSPS) is 14.6. The van der Waals surface area contributed by atoms with Crippen molar-refractivity contribution in [1.29, 1.82) is 0 Å². The lowest BCUT2D eigenvalue weighted by molar-refractivity contribution is 0.0613. The van der Waals surface area contributed by atoms with Crippen LogP contribution in [0.4, 0.5) is 5.69 Å². The maximum atomic E-state index is 13.4. The van der Waals surface area contributed by atoms with Crippen molar-refractivity contribution in [2.24, 2.45) is 0 Å². The molecule has 1 aliphatic carbocycles. The first kappa shape index (κ1) is 23.4. The van der Waals surface area contributed by atoms with E-state index in [4.69, 9.17) is 16.3 Å². The molecule has 0 heterocycles. The summed E-state index contributed by atoms with van der Waals surface area (Å²) in [5.41, 5.74) is 0.699. The van der Waals surface area contributed by atoms with Crippen molar-refractivity contribution in [2.45, 2.75) is 56.5 Å². The number of benzene rings is 2. The minimum Gasteiger partial charge on any atom is -0.497 e. The first-order valence-electron chi connectivity index (χ1n) is 10.4. The number of hydrogen-bond donors (Lipinski definition) is 0. The van der Waals surface area contributed by atoms with Gasteiger partial charge in [-0.2, -0.15) is 0 Å². The highest BCUT2D eigenvalue weighted by Gasteiger charge is 2.31. The number of carbonyl (C=O) groups excluding carboxylic acids is 1. The first-order chi connectivity index (χ1) is 14.7. The van der Waals surface area contributed by atoms with Gasteiger partial charge in [0.2, 0.25) is 0 Å². The summed E-state index contributed by atoms with van der Waals surface area (Å²) in [5, 5.41) is 0.250. The molecular weight excluding hydrogens is 436 g/mol. The highest BCUT2D eigenvalue weighted by Crippen LogP contribution is 2.31. The number of rotatable bonds is 7. The SMILES string of the molecule is COc1ccc(N(C)S(=O)(=O)c2ccc(Cl)c(C(=O)N(C(C)C)C3CCCC3)c2)cc1. The van der Waals surface area contributed by atoms with Crippen LogP contribution in [0.25, 0.3) is 0 Å². The van der Waals surface area contributed by atoms with Gasteiger partial charge in [-0.3, -0.25) is 9.10 Å². The number of nitrogens with zero attached hydrogens (tertiary/aromatic N) is 2. The van der Waals surface area contributed by atoms with Crippen molar-refractivity contribution >= 4 is 33.2 Å². The van der Waals surface area contributed by atoms with Crippen molar-refractivity contribution in [2.75, 3.05) is 18.5 Å². The van der Waals surface area contributed by atoms with Gasteiger partial charge in [-0.1, -0.05) is 24.4 Å². The molecule has 0 saturated heterocycles. The van der Waals surface area contributed by atoms with Crippen LogP contribution < -0.4 is 9.04 Å². The molecule has 1 saturated carbocycles. The third-order valence-electron chi connectivity index (χ3n) is 5.77. The summed E-state index contributed by atoms with van der Waals surface area (Å²) in [5.74, 6) is 0.408. The number of amides is 1. The molecule has 0 atom stereocenters. The molecule has 2 aromatic rings. The lowest BCUT2D eigenvalue weighted by Gasteiger charge is -2.33. The van der Waals surface area contributed by atoms with Gasteiger partial charge in [0.1, 0.15) is 5.75 Å². The maximum Gasteiger partial charge on any atom is 0.264 e. The average molecular weight is 465 g/mol. The van der Waals surface area contributed by atoms with E-state index < -0.39 is 10.0 Å². The molecule has 0 aliphatic heterocycles. The van der Waals surface area contributed by atoms with Gasteiger partial charge in [-0.05, 0) is 69.2 Å². The van der Waals surface area contributed by atoms with E-state index in [1.165, 1.54) is 29.6 Å². The summed E-state index contributed by atoms with van der Waals surface area (Å²) in [6.07, 6.45) is 4.10. The fourth-order valence-electron chi connectivity index (χ4n) is 4.06. The van der Waals surface area contributed by atoms with Gasteiger partial charge in [0.15, 0.2) is 0 Å². The van der Waals surface area contributed by atoms with Gasteiger partial charge in [0.25, 0.3) is 15.9 Å². The molecule has 0 bridgehead atoms. The molecule has 1 amide bonds. The predicted molar refractivity (Wildman–Crippen MR) is 124 cm³/mol. The fraction of sp³-hybridized carbons (Fsp3) is 0.435. The Kier molecular flexibility index (Phi) is 7.17. The van der Waals surface area contributed by atoms with E-state index in [-0.39, 0.29) is 33.5 Å². The Morgan fingerprint density at radius 3 is 2.26 bits per heavy atom. The zero-order valence-corrected chi connectivity index (χ0v) is 19.9. The zero-order chi connectivity index (χ0) is 22.8. The topological polar surface area (TPSA) is 66.9 Å². The summed E-state index contributed by atoms with van der Waals surface area (Å²) in [7, 11) is -0.859. The number of methoxy groups -OCH3 is 1. The third kappa shape index (κ3) is 4.83. The van der Waals surface area contributed by atoms with Crippen LogP contribution >= 0.6 is 11.6 Å². The van der Waals surface area contributed by atoms with Gasteiger partial charge in [0, 0.05) is 19.1 Å². The van der Waals surface area contributed by atoms with E-state index in [9.17, 15) is 13.2 Å². The van der Waals surface area contributed by atoms with E-state index in [0.29, 0.717) is 11.4 Å². The van der Waals surface area contributed by atoms with Crippen LogP contribution in [-0.2, 0) is 10.0 Å². The Bertz CT molecular complexity index is 1030. The second-order valence-electron chi connectivity index (χ2n) is 8.06. The molecule has 6 nitrogen and oxygen atoms in total. The van der Waals surface area contributed by atoms with Crippen molar-refractivity contribution < 1.29 is 17.9 Å². The number of carbonyl (C=O) groups is 1. The van der Waals surface area contributed by atoms with Crippen LogP contribution in [0.3, 0.4) is 0 Å². The molecule has 0 unspecified atom stereocenters. The standard InChI is InChI=1S/C23H29ClN2O4S/c1-16(2)26(18-7-5-6-8-18)23(27)21-15-20(13-14-22(21)24)31(28,29)25(3)17-9-11-19(30-4)12-10-17/h9-16,18H,5-8H2,1-4H3. The molecule has 168 valence electrons. The minimum atomic E-state index is -3.89. The number of sulfonamides is 1. The smallest absolute Gasteiger partial charge is 0.264 e. The Morgan fingerprint density at radius 2 is 1.71 bits per heavy atom. The maximum absolute atomic E-state index is 13.4. The van der Waals surface area contributed by atoms with Crippen LogP contribution in [-0.4, -0.2) is 45.5 Å². The van der Waals surface area contributed by atoms with Crippen molar-refractivity contribution in [3.05, 3.63) is 53.1 Å². The molecule has 3 rings (SSSR count). The van der Waals surface area contributed by atoms with Gasteiger partial charge >= 0.3 is 0 Å². The Morgan fingerprint density at radius 1 is 1.10 bits per heavy atom. The molecule has 1 aliphatic rings. The molecule has 1 fully saturated rings. The van der Waals surface area contributed by atoms with Crippen molar-refractivity contribution in [1.82, 2.24) is 4.90 Å². The van der Waals surface area contributed by atoms with Crippen LogP contribution in [0.2, 0.25) is 5.02 Å². The molecule has 0 spiro atoms. The largest absolute Gasteiger partial charge is 0.497 e. The zero-order valence-electron chi connectivity index (χ0n) is 18.3. The quantitative estimate of drug-likeness (QED) is 0.580. The van der Waals surface area contributed by atoms with Crippen molar-refractivity contribution in [3.8, 4) is 5.75 Å². The van der Waals surface area contributed by atoms with E-state index in [2.05, 4.69) is 0 Å². The number of anilines is 1. The van der Waals surface area contributed by atoms with E-state index in [1.54, 1.807) is 31.4 Å². The summed E-state index contributed by atoms with van der Waals surface area (Å²) in [6, 6.07) is 11.2. The monoisotopic (exact) mass is 464 g/mol. The molecule has 0 radical (unpaired) electrons. The molecule has 8 heteroatoms. The molecule has 0 aromatic heterocycles. The second-order valence-corrected chi connectivity index (χ2v) is 10.4. The van der Waals surface area contributed by atoms with Gasteiger partial charge < -0.3 is 9.64 Å². The number of ether oxygens (including phenoxy) is 1. The van der Waals surface area contributed by atoms with Gasteiger partial charge in [-0.25, -0.2) is 8.42 Å². The van der Waals surface area contributed by atoms with Crippen molar-refractivity contribution in [3.63, 3.8) is 0 Å². The van der Waals surface area contributed by atoms with E-state index >= 15 is 0 Å². The average Bonchev–Trinajstić information content (AvgIpc) is 3.27. The Hall–Kier alpha value is -2.25. The lowest BCUT2D eigenvalue weighted by Crippen LogP contribution is -2.43. The van der Waals surface area contributed by atoms with Crippen LogP contribution in [0, 0.1) is 0 Å². The van der Waals surface area contributed by atoms with E-state index in [0.717, 1.165) is 25.7 Å². The third-order valence-corrected chi connectivity index (χ3v) is 7.88. The van der Waals surface area contributed by atoms with Crippen LogP contribution in [0.15, 0.2) is 47.4 Å². The molecule has 2 aromatic carbocycles. The molecule has 0 N–H and O–H groups in total. The molecular formula is C23H29ClN2O4S. The van der Waals surface area contributed by atoms with Gasteiger partial charge in [0.05, 0.1) is 28.3 Å². The van der Waals surface area contributed by atoms with Gasteiger partial charge in [-0.15, -0.1) is 0 Å². The van der Waals surface area contributed by atoms with Crippen LogP contribution in [0.5, 0.6) is 5.75 Å². The number of hydrogen-bond acceptors (Lipinski definition) is 4. The Labute approximate surface area is 189 Å². The lowest BCUT2D eigenvalue weighted by atomic mass is 10.1. The summed E-state index contributed by atoms with van der Waals surface area (Å²) < 4.78 is 32.8. The Balaban J connectivity index is 1.95. The minimum absolute atomic E-state index is 0.00565. The highest BCUT2D eigenvalue weighted by molar-refractivity contribution is 7.92. The highest BCUT2D eigenvalue weighted by atomic mass is 35.5. The molecule has 31 heavy (non-hydrogen) atoms. The van der Waals surface area contributed by atoms with Crippen LogP contribution in [0.1, 0.15) is 49.9 Å². The second kappa shape index (κ2) is 9.49.